The third kappa shape index (κ3) is 6.48. The molecule has 1 rings (SSSR count). The summed E-state index contributed by atoms with van der Waals surface area (Å²) in [7, 11) is 2.08. The Morgan fingerprint density at radius 3 is 2.32 bits per heavy atom. The molecule has 3 heteroatoms. The molecule has 1 aromatic carbocycles. The van der Waals surface area contributed by atoms with Gasteiger partial charge in [-0.25, -0.2) is 4.39 Å². The Bertz CT molecular complexity index is 406. The van der Waals surface area contributed by atoms with Crippen LogP contribution in [0.25, 0.3) is 0 Å². The van der Waals surface area contributed by atoms with Crippen LogP contribution in [0.1, 0.15) is 44.0 Å². The fourth-order valence-corrected chi connectivity index (χ4v) is 2.18. The second kappa shape index (κ2) is 6.80. The van der Waals surface area contributed by atoms with Gasteiger partial charge in [0.25, 0.3) is 0 Å². The molecule has 19 heavy (non-hydrogen) atoms. The molecule has 2 nitrogen and oxygen atoms in total. The predicted molar refractivity (Wildman–Crippen MR) is 76.9 cm³/mol. The molecular weight excluding hydrogens is 241 g/mol. The minimum atomic E-state index is -0.304. The number of Topliss-reactive ketones (excluding diaryl/α,β-unsaturated/α-hetero) is 1. The number of rotatable bonds is 6. The standard InChI is InChI=1S/C16H24FNO/c1-16(2,3)12-18(4)11-5-6-15(19)13-7-9-14(17)10-8-13/h7-10H,5-6,11-12H2,1-4H3. The molecule has 0 aliphatic carbocycles. The van der Waals surface area contributed by atoms with Crippen molar-refractivity contribution in [3.8, 4) is 0 Å². The first-order valence-corrected chi connectivity index (χ1v) is 6.75. The lowest BCUT2D eigenvalue weighted by molar-refractivity contribution is 0.0974. The normalized spacial score (nSPS) is 11.9. The maximum Gasteiger partial charge on any atom is 0.162 e. The highest BCUT2D eigenvalue weighted by molar-refractivity contribution is 5.95. The Labute approximate surface area is 115 Å². The Balaban J connectivity index is 2.33. The number of carbonyl (C=O) groups excluding carboxylic acids is 1. The summed E-state index contributed by atoms with van der Waals surface area (Å²) in [5, 5.41) is 0. The van der Waals surface area contributed by atoms with E-state index in [4.69, 9.17) is 0 Å². The lowest BCUT2D eigenvalue weighted by Gasteiger charge is -2.26. The van der Waals surface area contributed by atoms with Gasteiger partial charge in [-0.1, -0.05) is 20.8 Å². The zero-order chi connectivity index (χ0) is 14.5. The van der Waals surface area contributed by atoms with Crippen molar-refractivity contribution in [2.75, 3.05) is 20.1 Å². The SMILES string of the molecule is CN(CCCC(=O)c1ccc(F)cc1)CC(C)(C)C. The van der Waals surface area contributed by atoms with Gasteiger partial charge in [0.1, 0.15) is 5.82 Å². The number of ketones is 1. The number of halogens is 1. The lowest BCUT2D eigenvalue weighted by atomic mass is 9.96. The number of benzene rings is 1. The Morgan fingerprint density at radius 1 is 1.21 bits per heavy atom. The van der Waals surface area contributed by atoms with Crippen molar-refractivity contribution in [2.45, 2.75) is 33.6 Å². The summed E-state index contributed by atoms with van der Waals surface area (Å²) in [4.78, 5) is 14.1. The zero-order valence-corrected chi connectivity index (χ0v) is 12.4. The molecule has 106 valence electrons. The van der Waals surface area contributed by atoms with Gasteiger partial charge >= 0.3 is 0 Å². The van der Waals surface area contributed by atoms with Crippen LogP contribution in [0.4, 0.5) is 4.39 Å². The van der Waals surface area contributed by atoms with Crippen LogP contribution in [0.5, 0.6) is 0 Å². The van der Waals surface area contributed by atoms with E-state index in [1.165, 1.54) is 12.1 Å². The maximum atomic E-state index is 12.7. The summed E-state index contributed by atoms with van der Waals surface area (Å²) in [5.41, 5.74) is 0.871. The summed E-state index contributed by atoms with van der Waals surface area (Å²) in [6.07, 6.45) is 1.35. The molecule has 0 unspecified atom stereocenters. The van der Waals surface area contributed by atoms with E-state index in [-0.39, 0.29) is 17.0 Å². The second-order valence-electron chi connectivity index (χ2n) is 6.33. The average Bonchev–Trinajstić information content (AvgIpc) is 2.27. The molecule has 0 saturated carbocycles. The van der Waals surface area contributed by atoms with Gasteiger partial charge in [-0.05, 0) is 49.7 Å². The van der Waals surface area contributed by atoms with Crippen LogP contribution in [0.3, 0.4) is 0 Å². The molecule has 0 atom stereocenters. The van der Waals surface area contributed by atoms with Crippen molar-refractivity contribution in [3.63, 3.8) is 0 Å². The van der Waals surface area contributed by atoms with Crippen LogP contribution >= 0.6 is 0 Å². The first-order chi connectivity index (χ1) is 8.78. The van der Waals surface area contributed by atoms with Crippen LogP contribution < -0.4 is 0 Å². The third-order valence-electron chi connectivity index (χ3n) is 2.85. The Hall–Kier alpha value is -1.22. The summed E-state index contributed by atoms with van der Waals surface area (Å²) < 4.78 is 12.7. The maximum absolute atomic E-state index is 12.7. The van der Waals surface area contributed by atoms with Gasteiger partial charge in [-0.2, -0.15) is 0 Å². The van der Waals surface area contributed by atoms with Crippen LogP contribution in [0.15, 0.2) is 24.3 Å². The second-order valence-corrected chi connectivity index (χ2v) is 6.33. The van der Waals surface area contributed by atoms with Gasteiger partial charge < -0.3 is 4.90 Å². The van der Waals surface area contributed by atoms with Gasteiger partial charge in [0, 0.05) is 18.5 Å². The highest BCUT2D eigenvalue weighted by atomic mass is 19.1. The summed E-state index contributed by atoms with van der Waals surface area (Å²) in [6, 6.07) is 5.77. The van der Waals surface area contributed by atoms with E-state index >= 15 is 0 Å². The van der Waals surface area contributed by atoms with Crippen molar-refractivity contribution < 1.29 is 9.18 Å². The molecule has 0 aliphatic heterocycles. The summed E-state index contributed by atoms with van der Waals surface area (Å²) in [6.45, 7) is 8.52. The van der Waals surface area contributed by atoms with E-state index in [0.717, 1.165) is 19.5 Å². The minimum absolute atomic E-state index is 0.0872. The van der Waals surface area contributed by atoms with Gasteiger partial charge in [-0.3, -0.25) is 4.79 Å². The van der Waals surface area contributed by atoms with Crippen molar-refractivity contribution in [1.29, 1.82) is 0 Å². The van der Waals surface area contributed by atoms with Gasteiger partial charge in [0.2, 0.25) is 0 Å². The third-order valence-corrected chi connectivity index (χ3v) is 2.85. The van der Waals surface area contributed by atoms with Crippen LogP contribution in [0.2, 0.25) is 0 Å². The molecule has 0 aromatic heterocycles. The largest absolute Gasteiger partial charge is 0.306 e. The first-order valence-electron chi connectivity index (χ1n) is 6.75. The Morgan fingerprint density at radius 2 is 1.79 bits per heavy atom. The van der Waals surface area contributed by atoms with Crippen LogP contribution in [-0.4, -0.2) is 30.8 Å². The molecule has 0 heterocycles. The van der Waals surface area contributed by atoms with E-state index < -0.39 is 0 Å². The number of nitrogens with zero attached hydrogens (tertiary/aromatic N) is 1. The van der Waals surface area contributed by atoms with E-state index in [1.54, 1.807) is 12.1 Å². The Kier molecular flexibility index (Phi) is 5.67. The molecule has 0 spiro atoms. The molecule has 0 saturated heterocycles. The first kappa shape index (κ1) is 15.8. The van der Waals surface area contributed by atoms with Crippen molar-refractivity contribution in [1.82, 2.24) is 4.90 Å². The molecule has 1 aromatic rings. The van der Waals surface area contributed by atoms with Crippen LogP contribution in [-0.2, 0) is 0 Å². The van der Waals surface area contributed by atoms with Gasteiger partial charge in [0.05, 0.1) is 0 Å². The molecule has 0 N–H and O–H groups in total. The topological polar surface area (TPSA) is 20.3 Å². The fraction of sp³-hybridized carbons (Fsp3) is 0.562. The van der Waals surface area contributed by atoms with Gasteiger partial charge in [-0.15, -0.1) is 0 Å². The molecule has 0 aliphatic rings. The van der Waals surface area contributed by atoms with E-state index in [1.807, 2.05) is 0 Å². The molecule has 0 bridgehead atoms. The van der Waals surface area contributed by atoms with E-state index in [0.29, 0.717) is 12.0 Å². The number of carbonyl (C=O) groups is 1. The smallest absolute Gasteiger partial charge is 0.162 e. The van der Waals surface area contributed by atoms with Crippen molar-refractivity contribution >= 4 is 5.78 Å². The molecule has 0 radical (unpaired) electrons. The highest BCUT2D eigenvalue weighted by Crippen LogP contribution is 2.14. The number of hydrogen-bond acceptors (Lipinski definition) is 2. The average molecular weight is 265 g/mol. The number of hydrogen-bond donors (Lipinski definition) is 0. The summed E-state index contributed by atoms with van der Waals surface area (Å²) in [5.74, 6) is -0.217. The lowest BCUT2D eigenvalue weighted by Crippen LogP contribution is -2.30. The monoisotopic (exact) mass is 265 g/mol. The van der Waals surface area contributed by atoms with Crippen molar-refractivity contribution in [3.05, 3.63) is 35.6 Å². The minimum Gasteiger partial charge on any atom is -0.306 e. The van der Waals surface area contributed by atoms with E-state index in [9.17, 15) is 9.18 Å². The quantitative estimate of drug-likeness (QED) is 0.730. The van der Waals surface area contributed by atoms with Crippen molar-refractivity contribution in [2.24, 2.45) is 5.41 Å². The summed E-state index contributed by atoms with van der Waals surface area (Å²) >= 11 is 0. The molecule has 0 fully saturated rings. The highest BCUT2D eigenvalue weighted by Gasteiger charge is 2.13. The van der Waals surface area contributed by atoms with E-state index in [2.05, 4.69) is 32.7 Å². The fourth-order valence-electron chi connectivity index (χ4n) is 2.18. The van der Waals surface area contributed by atoms with Gasteiger partial charge in [0.15, 0.2) is 5.78 Å². The predicted octanol–water partition coefficient (Wildman–Crippen LogP) is 3.77. The van der Waals surface area contributed by atoms with Crippen LogP contribution in [0, 0.1) is 11.2 Å². The zero-order valence-electron chi connectivity index (χ0n) is 12.4. The molecule has 0 amide bonds. The molecular formula is C16H24FNO.